The van der Waals surface area contributed by atoms with E-state index in [0.29, 0.717) is 0 Å². The predicted octanol–water partition coefficient (Wildman–Crippen LogP) is 2.31. The molecule has 1 saturated carbocycles. The van der Waals surface area contributed by atoms with Gasteiger partial charge in [-0.3, -0.25) is 0 Å². The van der Waals surface area contributed by atoms with Crippen molar-refractivity contribution >= 4 is 0 Å². The normalized spacial score (nSPS) is 28.4. The summed E-state index contributed by atoms with van der Waals surface area (Å²) < 4.78 is 25.1. The highest BCUT2D eigenvalue weighted by atomic mass is 19.3. The van der Waals surface area contributed by atoms with Gasteiger partial charge in [-0.25, -0.2) is 8.78 Å². The first-order chi connectivity index (χ1) is 6.53. The van der Waals surface area contributed by atoms with E-state index in [0.717, 1.165) is 32.6 Å². The average Bonchev–Trinajstić information content (AvgIpc) is 2.14. The number of nitrogens with one attached hydrogen (secondary N) is 1. The van der Waals surface area contributed by atoms with E-state index in [1.807, 2.05) is 0 Å². The second-order valence-corrected chi connectivity index (χ2v) is 4.08. The van der Waals surface area contributed by atoms with E-state index >= 15 is 0 Å². The molecule has 80 valence electrons. The fourth-order valence-corrected chi connectivity index (χ4v) is 1.84. The number of nitriles is 1. The zero-order chi connectivity index (χ0) is 10.6. The van der Waals surface area contributed by atoms with E-state index in [4.69, 9.17) is 5.26 Å². The Balaban J connectivity index is 2.38. The van der Waals surface area contributed by atoms with Crippen LogP contribution in [0, 0.1) is 17.2 Å². The van der Waals surface area contributed by atoms with Gasteiger partial charge in [-0.05, 0) is 12.8 Å². The maximum absolute atomic E-state index is 12.6. The van der Waals surface area contributed by atoms with Gasteiger partial charge in [0.2, 0.25) is 0 Å². The summed E-state index contributed by atoms with van der Waals surface area (Å²) in [6.45, 7) is 0.569. The molecule has 0 aromatic heterocycles. The molecule has 1 aliphatic carbocycles. The molecule has 4 heteroatoms. The topological polar surface area (TPSA) is 35.8 Å². The Bertz CT molecular complexity index is 217. The molecule has 1 aliphatic rings. The highest BCUT2D eigenvalue weighted by molar-refractivity contribution is 4.94. The maximum Gasteiger partial charge on any atom is 0.257 e. The van der Waals surface area contributed by atoms with Gasteiger partial charge in [0, 0.05) is 13.0 Å². The van der Waals surface area contributed by atoms with Crippen molar-refractivity contribution < 1.29 is 8.78 Å². The summed E-state index contributed by atoms with van der Waals surface area (Å²) in [7, 11) is 0. The molecule has 14 heavy (non-hydrogen) atoms. The Morgan fingerprint density at radius 3 is 2.64 bits per heavy atom. The van der Waals surface area contributed by atoms with E-state index in [9.17, 15) is 8.78 Å². The Morgan fingerprint density at radius 2 is 2.07 bits per heavy atom. The second kappa shape index (κ2) is 4.70. The van der Waals surface area contributed by atoms with Crippen LogP contribution in [0.3, 0.4) is 0 Å². The van der Waals surface area contributed by atoms with E-state index < -0.39 is 5.92 Å². The predicted molar refractivity (Wildman–Crippen MR) is 50.0 cm³/mol. The molecular weight excluding hydrogens is 186 g/mol. The standard InChI is InChI=1S/C10H16F2N2/c1-10(11,12)7-14-9-5-3-2-4-8(9)6-13/h8-9,14H,2-5,7H2,1H3. The number of hydrogen-bond donors (Lipinski definition) is 1. The molecule has 0 aromatic carbocycles. The minimum Gasteiger partial charge on any atom is -0.307 e. The molecule has 0 aliphatic heterocycles. The summed E-state index contributed by atoms with van der Waals surface area (Å²) in [5, 5.41) is 11.6. The zero-order valence-electron chi connectivity index (χ0n) is 8.39. The van der Waals surface area contributed by atoms with Crippen molar-refractivity contribution in [2.45, 2.75) is 44.6 Å². The van der Waals surface area contributed by atoms with Crippen LogP contribution in [0.1, 0.15) is 32.6 Å². The van der Waals surface area contributed by atoms with Gasteiger partial charge < -0.3 is 5.32 Å². The molecule has 1 fully saturated rings. The van der Waals surface area contributed by atoms with Crippen LogP contribution in [0.4, 0.5) is 8.78 Å². The Labute approximate surface area is 83.3 Å². The lowest BCUT2D eigenvalue weighted by Crippen LogP contribution is -2.43. The molecule has 1 rings (SSSR count). The van der Waals surface area contributed by atoms with Crippen LogP contribution in [0.5, 0.6) is 0 Å². The summed E-state index contributed by atoms with van der Waals surface area (Å²) in [5.41, 5.74) is 0. The quantitative estimate of drug-likeness (QED) is 0.762. The molecule has 0 amide bonds. The van der Waals surface area contributed by atoms with Gasteiger partial charge in [-0.15, -0.1) is 0 Å². The van der Waals surface area contributed by atoms with E-state index in [2.05, 4.69) is 11.4 Å². The van der Waals surface area contributed by atoms with Crippen LogP contribution in [0.25, 0.3) is 0 Å². The van der Waals surface area contributed by atoms with Crippen LogP contribution in [-0.4, -0.2) is 18.5 Å². The summed E-state index contributed by atoms with van der Waals surface area (Å²) in [6.07, 6.45) is 3.75. The number of alkyl halides is 2. The van der Waals surface area contributed by atoms with Crippen LogP contribution >= 0.6 is 0 Å². The van der Waals surface area contributed by atoms with Gasteiger partial charge in [-0.2, -0.15) is 5.26 Å². The third-order valence-corrected chi connectivity index (χ3v) is 2.61. The fourth-order valence-electron chi connectivity index (χ4n) is 1.84. The van der Waals surface area contributed by atoms with Crippen LogP contribution in [0.2, 0.25) is 0 Å². The minimum absolute atomic E-state index is 0.0421. The molecule has 2 atom stereocenters. The van der Waals surface area contributed by atoms with Crippen molar-refractivity contribution in [1.29, 1.82) is 5.26 Å². The number of nitrogens with zero attached hydrogens (tertiary/aromatic N) is 1. The summed E-state index contributed by atoms with van der Waals surface area (Å²) >= 11 is 0. The summed E-state index contributed by atoms with van der Waals surface area (Å²) in [5.74, 6) is -2.77. The zero-order valence-corrected chi connectivity index (χ0v) is 8.39. The molecule has 0 bridgehead atoms. The van der Waals surface area contributed by atoms with E-state index in [-0.39, 0.29) is 18.5 Å². The van der Waals surface area contributed by atoms with Gasteiger partial charge in [0.25, 0.3) is 5.92 Å². The lowest BCUT2D eigenvalue weighted by molar-refractivity contribution is 0.0173. The van der Waals surface area contributed by atoms with E-state index in [1.54, 1.807) is 0 Å². The van der Waals surface area contributed by atoms with Crippen molar-refractivity contribution in [3.05, 3.63) is 0 Å². The Morgan fingerprint density at radius 1 is 1.43 bits per heavy atom. The second-order valence-electron chi connectivity index (χ2n) is 4.08. The number of halogens is 2. The van der Waals surface area contributed by atoms with E-state index in [1.165, 1.54) is 0 Å². The Hall–Kier alpha value is -0.690. The van der Waals surface area contributed by atoms with Crippen LogP contribution in [0.15, 0.2) is 0 Å². The van der Waals surface area contributed by atoms with Gasteiger partial charge in [0.15, 0.2) is 0 Å². The first kappa shape index (κ1) is 11.4. The van der Waals surface area contributed by atoms with Crippen LogP contribution < -0.4 is 5.32 Å². The average molecular weight is 202 g/mol. The Kier molecular flexibility index (Phi) is 3.82. The molecule has 0 spiro atoms. The largest absolute Gasteiger partial charge is 0.307 e. The van der Waals surface area contributed by atoms with Gasteiger partial charge >= 0.3 is 0 Å². The SMILES string of the molecule is CC(F)(F)CNC1CCCCC1C#N. The summed E-state index contributed by atoms with van der Waals surface area (Å²) in [4.78, 5) is 0. The highest BCUT2D eigenvalue weighted by Gasteiger charge is 2.28. The molecular formula is C10H16F2N2. The van der Waals surface area contributed by atoms with Gasteiger partial charge in [-0.1, -0.05) is 12.8 Å². The monoisotopic (exact) mass is 202 g/mol. The molecule has 1 N–H and O–H groups in total. The maximum atomic E-state index is 12.6. The molecule has 0 radical (unpaired) electrons. The first-order valence-electron chi connectivity index (χ1n) is 5.04. The number of hydrogen-bond acceptors (Lipinski definition) is 2. The summed E-state index contributed by atoms with van der Waals surface area (Å²) in [6, 6.07) is 2.14. The van der Waals surface area contributed by atoms with Crippen molar-refractivity contribution in [3.8, 4) is 6.07 Å². The van der Waals surface area contributed by atoms with Gasteiger partial charge in [0.05, 0.1) is 18.5 Å². The lowest BCUT2D eigenvalue weighted by atomic mass is 9.85. The van der Waals surface area contributed by atoms with Crippen molar-refractivity contribution in [3.63, 3.8) is 0 Å². The first-order valence-corrected chi connectivity index (χ1v) is 5.04. The third-order valence-electron chi connectivity index (χ3n) is 2.61. The fraction of sp³-hybridized carbons (Fsp3) is 0.900. The van der Waals surface area contributed by atoms with Crippen molar-refractivity contribution in [2.24, 2.45) is 5.92 Å². The molecule has 0 aromatic rings. The third kappa shape index (κ3) is 3.59. The lowest BCUT2D eigenvalue weighted by Gasteiger charge is -2.28. The van der Waals surface area contributed by atoms with Crippen molar-refractivity contribution in [2.75, 3.05) is 6.54 Å². The van der Waals surface area contributed by atoms with Crippen LogP contribution in [-0.2, 0) is 0 Å². The number of rotatable bonds is 3. The molecule has 0 saturated heterocycles. The smallest absolute Gasteiger partial charge is 0.257 e. The van der Waals surface area contributed by atoms with Crippen molar-refractivity contribution in [1.82, 2.24) is 5.32 Å². The minimum atomic E-state index is -2.68. The molecule has 0 heterocycles. The van der Waals surface area contributed by atoms with Gasteiger partial charge in [0.1, 0.15) is 0 Å². The molecule has 2 nitrogen and oxygen atoms in total. The highest BCUT2D eigenvalue weighted by Crippen LogP contribution is 2.24. The molecule has 2 unspecified atom stereocenters.